The lowest BCUT2D eigenvalue weighted by molar-refractivity contribution is 0.386. The van der Waals surface area contributed by atoms with Crippen molar-refractivity contribution in [2.75, 3.05) is 26.5 Å². The molecule has 0 bridgehead atoms. The minimum Gasteiger partial charge on any atom is -0.494 e. The van der Waals surface area contributed by atoms with Crippen LogP contribution in [-0.2, 0) is 16.3 Å². The van der Waals surface area contributed by atoms with Gasteiger partial charge in [0.1, 0.15) is 0 Å². The van der Waals surface area contributed by atoms with E-state index >= 15 is 0 Å². The van der Waals surface area contributed by atoms with Gasteiger partial charge in [-0.05, 0) is 55.7 Å². The van der Waals surface area contributed by atoms with Crippen molar-refractivity contribution in [3.05, 3.63) is 59.4 Å². The summed E-state index contributed by atoms with van der Waals surface area (Å²) in [6.45, 7) is 5.12. The van der Waals surface area contributed by atoms with Crippen molar-refractivity contribution in [3.8, 4) is 5.75 Å². The number of sulfone groups is 1. The molecular weight excluding hydrogens is 520 g/mol. The molecule has 1 atom stereocenters. The Hall–Kier alpha value is -1.88. The standard InChI is InChI=1S/C21H28FN3O3S.HI/c1-5-23-21(25-15(2)17-8-11-20(28-3)19(22)14-17)24-13-12-16-6-9-18(10-7-16)29(4,26)27;/h6-11,14-15H,5,12-13H2,1-4H3,(H2,23,24,25);1H. The van der Waals surface area contributed by atoms with Crippen LogP contribution in [0.5, 0.6) is 5.75 Å². The number of halogens is 2. The van der Waals surface area contributed by atoms with Gasteiger partial charge in [0.15, 0.2) is 27.4 Å². The number of hydrogen-bond donors (Lipinski definition) is 2. The summed E-state index contributed by atoms with van der Waals surface area (Å²) in [6, 6.07) is 11.5. The zero-order chi connectivity index (χ0) is 21.4. The van der Waals surface area contributed by atoms with Gasteiger partial charge in [0.25, 0.3) is 0 Å². The van der Waals surface area contributed by atoms with Gasteiger partial charge in [-0.1, -0.05) is 18.2 Å². The van der Waals surface area contributed by atoms with E-state index in [1.165, 1.54) is 19.4 Å². The van der Waals surface area contributed by atoms with E-state index in [0.717, 1.165) is 11.1 Å². The normalized spacial score (nSPS) is 12.6. The summed E-state index contributed by atoms with van der Waals surface area (Å²) in [5.41, 5.74) is 1.78. The molecule has 0 aliphatic heterocycles. The number of rotatable bonds is 8. The molecule has 0 aromatic heterocycles. The fourth-order valence-corrected chi connectivity index (χ4v) is 3.39. The van der Waals surface area contributed by atoms with E-state index < -0.39 is 15.7 Å². The highest BCUT2D eigenvalue weighted by molar-refractivity contribution is 14.0. The minimum atomic E-state index is -3.19. The SMILES string of the molecule is CCNC(=NCCc1ccc(S(C)(=O)=O)cc1)NC(C)c1ccc(OC)c(F)c1.I. The third-order valence-corrected chi connectivity index (χ3v) is 5.52. The summed E-state index contributed by atoms with van der Waals surface area (Å²) in [5.74, 6) is 0.436. The van der Waals surface area contributed by atoms with Crippen molar-refractivity contribution in [3.63, 3.8) is 0 Å². The van der Waals surface area contributed by atoms with Gasteiger partial charge in [-0.15, -0.1) is 24.0 Å². The van der Waals surface area contributed by atoms with Crippen molar-refractivity contribution < 1.29 is 17.5 Å². The fourth-order valence-electron chi connectivity index (χ4n) is 2.76. The number of aliphatic imine (C=N–C) groups is 1. The number of ether oxygens (including phenoxy) is 1. The van der Waals surface area contributed by atoms with Crippen molar-refractivity contribution in [2.45, 2.75) is 31.2 Å². The van der Waals surface area contributed by atoms with Crippen molar-refractivity contribution >= 4 is 39.8 Å². The van der Waals surface area contributed by atoms with Gasteiger partial charge in [-0.25, -0.2) is 12.8 Å². The molecule has 0 saturated heterocycles. The second-order valence-corrected chi connectivity index (χ2v) is 8.70. The van der Waals surface area contributed by atoms with Crippen LogP contribution < -0.4 is 15.4 Å². The maximum absolute atomic E-state index is 14.0. The second kappa shape index (κ2) is 12.1. The monoisotopic (exact) mass is 549 g/mol. The Morgan fingerprint density at radius 2 is 1.87 bits per heavy atom. The van der Waals surface area contributed by atoms with Crippen LogP contribution in [0.3, 0.4) is 0 Å². The van der Waals surface area contributed by atoms with E-state index in [-0.39, 0.29) is 35.8 Å². The molecule has 2 aromatic rings. The van der Waals surface area contributed by atoms with Crippen LogP contribution in [0.25, 0.3) is 0 Å². The lowest BCUT2D eigenvalue weighted by atomic mass is 10.1. The molecule has 0 aliphatic rings. The third-order valence-electron chi connectivity index (χ3n) is 4.40. The smallest absolute Gasteiger partial charge is 0.191 e. The van der Waals surface area contributed by atoms with Crippen LogP contribution in [0.2, 0.25) is 0 Å². The van der Waals surface area contributed by atoms with Crippen molar-refractivity contribution in [1.29, 1.82) is 0 Å². The second-order valence-electron chi connectivity index (χ2n) is 6.69. The predicted molar refractivity (Wildman–Crippen MR) is 129 cm³/mol. The lowest BCUT2D eigenvalue weighted by Crippen LogP contribution is -2.38. The van der Waals surface area contributed by atoms with E-state index in [9.17, 15) is 12.8 Å². The van der Waals surface area contributed by atoms with Gasteiger partial charge in [0.2, 0.25) is 0 Å². The average molecular weight is 549 g/mol. The topological polar surface area (TPSA) is 79.8 Å². The van der Waals surface area contributed by atoms with E-state index in [0.29, 0.717) is 30.4 Å². The molecule has 0 spiro atoms. The first-order chi connectivity index (χ1) is 13.7. The maximum Gasteiger partial charge on any atom is 0.191 e. The van der Waals surface area contributed by atoms with Gasteiger partial charge >= 0.3 is 0 Å². The maximum atomic E-state index is 14.0. The largest absolute Gasteiger partial charge is 0.494 e. The zero-order valence-corrected chi connectivity index (χ0v) is 20.8. The molecule has 9 heteroatoms. The number of nitrogens with one attached hydrogen (secondary N) is 2. The third kappa shape index (κ3) is 7.75. The Labute approximate surface area is 195 Å². The van der Waals surface area contributed by atoms with Gasteiger partial charge in [-0.2, -0.15) is 0 Å². The molecule has 166 valence electrons. The highest BCUT2D eigenvalue weighted by atomic mass is 127. The Bertz CT molecular complexity index is 950. The summed E-state index contributed by atoms with van der Waals surface area (Å²) in [7, 11) is -1.76. The van der Waals surface area contributed by atoms with Crippen LogP contribution in [0.15, 0.2) is 52.4 Å². The van der Waals surface area contributed by atoms with Crippen molar-refractivity contribution in [1.82, 2.24) is 10.6 Å². The molecule has 0 fully saturated rings. The zero-order valence-electron chi connectivity index (χ0n) is 17.6. The first-order valence-corrected chi connectivity index (χ1v) is 11.3. The van der Waals surface area contributed by atoms with E-state index in [4.69, 9.17) is 4.74 Å². The van der Waals surface area contributed by atoms with Gasteiger partial charge < -0.3 is 15.4 Å². The quantitative estimate of drug-likeness (QED) is 0.298. The highest BCUT2D eigenvalue weighted by Crippen LogP contribution is 2.21. The molecule has 0 amide bonds. The molecular formula is C21H29FIN3O3S. The number of nitrogens with zero attached hydrogens (tertiary/aromatic N) is 1. The Kier molecular flexibility index (Phi) is 10.5. The van der Waals surface area contributed by atoms with Crippen LogP contribution in [0.4, 0.5) is 4.39 Å². The molecule has 6 nitrogen and oxygen atoms in total. The molecule has 30 heavy (non-hydrogen) atoms. The summed E-state index contributed by atoms with van der Waals surface area (Å²) in [6.07, 6.45) is 1.86. The molecule has 0 radical (unpaired) electrons. The van der Waals surface area contributed by atoms with Gasteiger partial charge in [0.05, 0.1) is 18.0 Å². The fraction of sp³-hybridized carbons (Fsp3) is 0.381. The van der Waals surface area contributed by atoms with Gasteiger partial charge in [-0.3, -0.25) is 4.99 Å². The molecule has 2 N–H and O–H groups in total. The predicted octanol–water partition coefficient (Wildman–Crippen LogP) is 3.71. The summed E-state index contributed by atoms with van der Waals surface area (Å²) in [4.78, 5) is 4.87. The molecule has 0 heterocycles. The molecule has 2 aromatic carbocycles. The summed E-state index contributed by atoms with van der Waals surface area (Å²) >= 11 is 0. The summed E-state index contributed by atoms with van der Waals surface area (Å²) in [5, 5.41) is 6.44. The number of hydrogen-bond acceptors (Lipinski definition) is 4. The van der Waals surface area contributed by atoms with Crippen LogP contribution in [0, 0.1) is 5.82 Å². The molecule has 0 saturated carbocycles. The first-order valence-electron chi connectivity index (χ1n) is 9.42. The van der Waals surface area contributed by atoms with Gasteiger partial charge in [0, 0.05) is 19.3 Å². The van der Waals surface area contributed by atoms with E-state index in [2.05, 4.69) is 15.6 Å². The Morgan fingerprint density at radius 3 is 2.40 bits per heavy atom. The lowest BCUT2D eigenvalue weighted by Gasteiger charge is -2.18. The number of methoxy groups -OCH3 is 1. The molecule has 1 unspecified atom stereocenters. The number of benzene rings is 2. The Balaban J connectivity index is 0.00000450. The van der Waals surface area contributed by atoms with Crippen molar-refractivity contribution in [2.24, 2.45) is 4.99 Å². The molecule has 0 aliphatic carbocycles. The Morgan fingerprint density at radius 1 is 1.20 bits per heavy atom. The number of guanidine groups is 1. The van der Waals surface area contributed by atoms with Crippen LogP contribution in [-0.4, -0.2) is 40.8 Å². The van der Waals surface area contributed by atoms with E-state index in [1.54, 1.807) is 30.3 Å². The van der Waals surface area contributed by atoms with E-state index in [1.807, 2.05) is 19.9 Å². The van der Waals surface area contributed by atoms with Crippen LogP contribution in [0.1, 0.15) is 31.0 Å². The minimum absolute atomic E-state index is 0. The van der Waals surface area contributed by atoms with Crippen LogP contribution >= 0.6 is 24.0 Å². The highest BCUT2D eigenvalue weighted by Gasteiger charge is 2.11. The first kappa shape index (κ1) is 26.2. The average Bonchev–Trinajstić information content (AvgIpc) is 2.67. The summed E-state index contributed by atoms with van der Waals surface area (Å²) < 4.78 is 42.0. The molecule has 2 rings (SSSR count).